The van der Waals surface area contributed by atoms with Crippen molar-refractivity contribution in [3.8, 4) is 0 Å². The molecule has 33 heavy (non-hydrogen) atoms. The van der Waals surface area contributed by atoms with Gasteiger partial charge in [0.15, 0.2) is 5.96 Å². The summed E-state index contributed by atoms with van der Waals surface area (Å²) in [5.41, 5.74) is 10.6. The molecule has 1 aliphatic rings. The standard InChI is InChI=1S/C20H37N7O5S/c1-11(2)9-14(19(31)32)26-17(29)13(6-4-8-24-20(21)22)25-18(30)15(10-33)27-16(28)12-5-3-7-23-12/h11-15,23,33H,3-10H2,1-2H3,(H,25,30)(H,26,29)(H,27,28)(H,31,32)(H4,21,22,24). The molecule has 1 saturated heterocycles. The molecule has 3 amide bonds. The van der Waals surface area contributed by atoms with Gasteiger partial charge >= 0.3 is 5.97 Å². The van der Waals surface area contributed by atoms with Crippen molar-refractivity contribution in [3.05, 3.63) is 0 Å². The van der Waals surface area contributed by atoms with Gasteiger partial charge in [0.1, 0.15) is 18.1 Å². The molecule has 0 bridgehead atoms. The van der Waals surface area contributed by atoms with Crippen molar-refractivity contribution in [2.45, 2.75) is 70.1 Å². The van der Waals surface area contributed by atoms with Crippen LogP contribution in [0.25, 0.3) is 0 Å². The van der Waals surface area contributed by atoms with Gasteiger partial charge in [-0.3, -0.25) is 19.4 Å². The van der Waals surface area contributed by atoms with Crippen LogP contribution in [0.15, 0.2) is 4.99 Å². The molecule has 0 aliphatic carbocycles. The molecule has 13 heteroatoms. The van der Waals surface area contributed by atoms with Crippen molar-refractivity contribution in [3.63, 3.8) is 0 Å². The molecular formula is C20H37N7O5S. The van der Waals surface area contributed by atoms with E-state index in [9.17, 15) is 24.3 Å². The summed E-state index contributed by atoms with van der Waals surface area (Å²) in [7, 11) is 0. The second kappa shape index (κ2) is 14.6. The van der Waals surface area contributed by atoms with Gasteiger partial charge in [0.2, 0.25) is 17.7 Å². The summed E-state index contributed by atoms with van der Waals surface area (Å²) in [4.78, 5) is 53.4. The van der Waals surface area contributed by atoms with Gasteiger partial charge in [0.05, 0.1) is 6.04 Å². The predicted octanol–water partition coefficient (Wildman–Crippen LogP) is -1.69. The quantitative estimate of drug-likeness (QED) is 0.0613. The van der Waals surface area contributed by atoms with Crippen molar-refractivity contribution in [1.82, 2.24) is 21.3 Å². The average molecular weight is 488 g/mol. The Morgan fingerprint density at radius 3 is 2.24 bits per heavy atom. The van der Waals surface area contributed by atoms with Crippen LogP contribution in [-0.2, 0) is 19.2 Å². The Morgan fingerprint density at radius 2 is 1.73 bits per heavy atom. The Kier molecular flexibility index (Phi) is 12.6. The summed E-state index contributed by atoms with van der Waals surface area (Å²) in [5, 5.41) is 20.2. The van der Waals surface area contributed by atoms with Gasteiger partial charge in [-0.05, 0) is 44.6 Å². The molecule has 0 aromatic rings. The molecule has 0 saturated carbocycles. The highest BCUT2D eigenvalue weighted by Crippen LogP contribution is 2.08. The zero-order chi connectivity index (χ0) is 25.0. The molecule has 0 spiro atoms. The number of aliphatic imine (C=N–C) groups is 1. The van der Waals surface area contributed by atoms with Gasteiger partial charge in [-0.25, -0.2) is 4.79 Å². The van der Waals surface area contributed by atoms with E-state index < -0.39 is 35.9 Å². The first-order valence-electron chi connectivity index (χ1n) is 11.1. The number of guanidine groups is 1. The minimum Gasteiger partial charge on any atom is -0.480 e. The molecule has 188 valence electrons. The largest absolute Gasteiger partial charge is 0.480 e. The molecule has 0 aromatic carbocycles. The molecule has 4 unspecified atom stereocenters. The summed E-state index contributed by atoms with van der Waals surface area (Å²) < 4.78 is 0. The van der Waals surface area contributed by atoms with E-state index in [1.165, 1.54) is 0 Å². The summed E-state index contributed by atoms with van der Waals surface area (Å²) in [5.74, 6) is -2.73. The second-order valence-corrected chi connectivity index (χ2v) is 8.80. The monoisotopic (exact) mass is 487 g/mol. The van der Waals surface area contributed by atoms with Crippen LogP contribution in [0.2, 0.25) is 0 Å². The van der Waals surface area contributed by atoms with Crippen LogP contribution < -0.4 is 32.7 Å². The zero-order valence-corrected chi connectivity index (χ0v) is 20.1. The second-order valence-electron chi connectivity index (χ2n) is 8.43. The number of hydrogen-bond donors (Lipinski definition) is 8. The molecule has 0 aromatic heterocycles. The van der Waals surface area contributed by atoms with Crippen molar-refractivity contribution in [2.75, 3.05) is 18.8 Å². The summed E-state index contributed by atoms with van der Waals surface area (Å²) >= 11 is 4.15. The number of nitrogens with one attached hydrogen (secondary N) is 4. The number of rotatable bonds is 14. The maximum absolute atomic E-state index is 12.9. The third-order valence-electron chi connectivity index (χ3n) is 5.09. The van der Waals surface area contributed by atoms with Crippen LogP contribution >= 0.6 is 12.6 Å². The van der Waals surface area contributed by atoms with Crippen LogP contribution in [0, 0.1) is 5.92 Å². The van der Waals surface area contributed by atoms with Crippen molar-refractivity contribution in [2.24, 2.45) is 22.4 Å². The van der Waals surface area contributed by atoms with Crippen molar-refractivity contribution >= 4 is 42.3 Å². The van der Waals surface area contributed by atoms with Gasteiger partial charge in [-0.15, -0.1) is 0 Å². The van der Waals surface area contributed by atoms with Gasteiger partial charge in [0, 0.05) is 12.3 Å². The topological polar surface area (TPSA) is 201 Å². The molecule has 9 N–H and O–H groups in total. The number of carbonyl (C=O) groups is 4. The number of hydrogen-bond acceptors (Lipinski definition) is 7. The SMILES string of the molecule is CC(C)CC(NC(=O)C(CCCN=C(N)N)NC(=O)C(CS)NC(=O)C1CCCN1)C(=O)O. The van der Waals surface area contributed by atoms with Crippen LogP contribution in [0.3, 0.4) is 0 Å². The molecule has 1 rings (SSSR count). The fourth-order valence-electron chi connectivity index (χ4n) is 3.38. The Hall–Kier alpha value is -2.54. The Morgan fingerprint density at radius 1 is 1.09 bits per heavy atom. The summed E-state index contributed by atoms with van der Waals surface area (Å²) in [6.07, 6.45) is 2.31. The summed E-state index contributed by atoms with van der Waals surface area (Å²) in [6.45, 7) is 4.65. The number of carbonyl (C=O) groups excluding carboxylic acids is 3. The number of carboxylic acid groups (broad SMARTS) is 1. The smallest absolute Gasteiger partial charge is 0.326 e. The molecule has 1 heterocycles. The maximum Gasteiger partial charge on any atom is 0.326 e. The predicted molar refractivity (Wildman–Crippen MR) is 128 cm³/mol. The van der Waals surface area contributed by atoms with Crippen molar-refractivity contribution in [1.29, 1.82) is 0 Å². The van der Waals surface area contributed by atoms with E-state index in [0.717, 1.165) is 13.0 Å². The molecule has 0 radical (unpaired) electrons. The van der Waals surface area contributed by atoms with Gasteiger partial charge in [-0.1, -0.05) is 13.8 Å². The molecular weight excluding hydrogens is 450 g/mol. The Balaban J connectivity index is 2.85. The number of carboxylic acids is 1. The number of nitrogens with two attached hydrogens (primary N) is 2. The van der Waals surface area contributed by atoms with E-state index in [0.29, 0.717) is 12.8 Å². The van der Waals surface area contributed by atoms with Crippen LogP contribution in [0.4, 0.5) is 0 Å². The normalized spacial score (nSPS) is 18.1. The third kappa shape index (κ3) is 10.7. The van der Waals surface area contributed by atoms with E-state index >= 15 is 0 Å². The van der Waals surface area contributed by atoms with Gasteiger partial charge < -0.3 is 37.8 Å². The van der Waals surface area contributed by atoms with Gasteiger partial charge in [-0.2, -0.15) is 12.6 Å². The average Bonchev–Trinajstić information content (AvgIpc) is 3.27. The zero-order valence-electron chi connectivity index (χ0n) is 19.2. The summed E-state index contributed by atoms with van der Waals surface area (Å²) in [6, 6.07) is -3.46. The number of thiol groups is 1. The third-order valence-corrected chi connectivity index (χ3v) is 5.46. The molecule has 12 nitrogen and oxygen atoms in total. The maximum atomic E-state index is 12.9. The van der Waals surface area contributed by atoms with Crippen molar-refractivity contribution < 1.29 is 24.3 Å². The van der Waals surface area contributed by atoms with E-state index in [-0.39, 0.29) is 49.0 Å². The highest BCUT2D eigenvalue weighted by atomic mass is 32.1. The first-order valence-corrected chi connectivity index (χ1v) is 11.7. The van der Waals surface area contributed by atoms with Crippen LogP contribution in [0.5, 0.6) is 0 Å². The fourth-order valence-corrected chi connectivity index (χ4v) is 3.64. The Bertz CT molecular complexity index is 709. The van der Waals surface area contributed by atoms with Gasteiger partial charge in [0.25, 0.3) is 0 Å². The highest BCUT2D eigenvalue weighted by molar-refractivity contribution is 7.80. The lowest BCUT2D eigenvalue weighted by Crippen LogP contribution is -2.57. The van der Waals surface area contributed by atoms with E-state index in [1.807, 2.05) is 13.8 Å². The lowest BCUT2D eigenvalue weighted by molar-refractivity contribution is -0.142. The first kappa shape index (κ1) is 28.5. The highest BCUT2D eigenvalue weighted by Gasteiger charge is 2.31. The molecule has 1 fully saturated rings. The van der Waals surface area contributed by atoms with Crippen LogP contribution in [0.1, 0.15) is 46.0 Å². The lowest BCUT2D eigenvalue weighted by atomic mass is 10.0. The van der Waals surface area contributed by atoms with Crippen LogP contribution in [-0.4, -0.2) is 77.8 Å². The number of amides is 3. The van der Waals surface area contributed by atoms with E-state index in [2.05, 4.69) is 38.9 Å². The Labute approximate surface area is 199 Å². The first-order chi connectivity index (χ1) is 15.5. The van der Waals surface area contributed by atoms with E-state index in [1.54, 1.807) is 0 Å². The number of nitrogens with zero attached hydrogens (tertiary/aromatic N) is 1. The van der Waals surface area contributed by atoms with E-state index in [4.69, 9.17) is 11.5 Å². The minimum absolute atomic E-state index is 0.0255. The minimum atomic E-state index is -1.16. The number of aliphatic carboxylic acids is 1. The lowest BCUT2D eigenvalue weighted by Gasteiger charge is -2.25. The molecule has 1 aliphatic heterocycles. The molecule has 4 atom stereocenters. The fraction of sp³-hybridized carbons (Fsp3) is 0.750.